The molecular formula is C14H22BrNO2. The van der Waals surface area contributed by atoms with Gasteiger partial charge >= 0.3 is 0 Å². The van der Waals surface area contributed by atoms with Crippen molar-refractivity contribution in [1.82, 2.24) is 5.32 Å². The fraction of sp³-hybridized carbons (Fsp3) is 0.571. The Morgan fingerprint density at radius 2 is 1.94 bits per heavy atom. The van der Waals surface area contributed by atoms with Crippen LogP contribution in [-0.4, -0.2) is 26.8 Å². The summed E-state index contributed by atoms with van der Waals surface area (Å²) in [5, 5.41) is 3.41. The second kappa shape index (κ2) is 7.64. The second-order valence-corrected chi connectivity index (χ2v) is 5.28. The van der Waals surface area contributed by atoms with Crippen molar-refractivity contribution in [1.29, 1.82) is 0 Å². The first kappa shape index (κ1) is 15.3. The van der Waals surface area contributed by atoms with Gasteiger partial charge in [-0.05, 0) is 46.9 Å². The highest BCUT2D eigenvalue weighted by molar-refractivity contribution is 9.10. The molecule has 0 unspecified atom stereocenters. The van der Waals surface area contributed by atoms with Crippen molar-refractivity contribution in [2.24, 2.45) is 0 Å². The molecule has 0 bridgehead atoms. The van der Waals surface area contributed by atoms with Crippen molar-refractivity contribution < 1.29 is 9.47 Å². The minimum Gasteiger partial charge on any atom is -0.495 e. The van der Waals surface area contributed by atoms with E-state index in [0.717, 1.165) is 35.4 Å². The normalized spacial score (nSPS) is 10.8. The summed E-state index contributed by atoms with van der Waals surface area (Å²) in [4.78, 5) is 0. The molecule has 0 saturated heterocycles. The Bertz CT molecular complexity index is 380. The van der Waals surface area contributed by atoms with E-state index in [2.05, 4.69) is 41.2 Å². The number of methoxy groups -OCH3 is 2. The predicted molar refractivity (Wildman–Crippen MR) is 78.7 cm³/mol. The summed E-state index contributed by atoms with van der Waals surface area (Å²) in [6, 6.07) is 4.57. The number of benzene rings is 1. The first-order valence-electron chi connectivity index (χ1n) is 6.22. The lowest BCUT2D eigenvalue weighted by Gasteiger charge is -2.14. The van der Waals surface area contributed by atoms with E-state index in [1.54, 1.807) is 14.2 Å². The van der Waals surface area contributed by atoms with Crippen molar-refractivity contribution in [2.75, 3.05) is 20.8 Å². The van der Waals surface area contributed by atoms with Gasteiger partial charge in [0, 0.05) is 6.04 Å². The summed E-state index contributed by atoms with van der Waals surface area (Å²) in [6.45, 7) is 5.33. The Labute approximate surface area is 118 Å². The fourth-order valence-corrected chi connectivity index (χ4v) is 2.53. The number of hydrogen-bond donors (Lipinski definition) is 1. The zero-order valence-electron chi connectivity index (χ0n) is 11.5. The molecule has 0 heterocycles. The van der Waals surface area contributed by atoms with Gasteiger partial charge in [0.2, 0.25) is 0 Å². The van der Waals surface area contributed by atoms with Gasteiger partial charge in [-0.15, -0.1) is 0 Å². The number of halogens is 1. The molecule has 18 heavy (non-hydrogen) atoms. The lowest BCUT2D eigenvalue weighted by atomic mass is 10.1. The van der Waals surface area contributed by atoms with E-state index in [1.807, 2.05) is 6.07 Å². The minimum absolute atomic E-state index is 0.537. The number of aryl methyl sites for hydroxylation is 1. The van der Waals surface area contributed by atoms with Crippen LogP contribution in [0.3, 0.4) is 0 Å². The van der Waals surface area contributed by atoms with Crippen LogP contribution in [0.2, 0.25) is 0 Å². The Morgan fingerprint density at radius 1 is 1.22 bits per heavy atom. The zero-order valence-corrected chi connectivity index (χ0v) is 13.1. The molecule has 0 aliphatic carbocycles. The smallest absolute Gasteiger partial charge is 0.139 e. The van der Waals surface area contributed by atoms with Gasteiger partial charge in [-0.2, -0.15) is 0 Å². The molecule has 1 aromatic rings. The maximum absolute atomic E-state index is 5.45. The molecule has 1 aromatic carbocycles. The molecule has 0 aliphatic heterocycles. The van der Waals surface area contributed by atoms with Crippen molar-refractivity contribution in [3.05, 3.63) is 22.2 Å². The third-order valence-corrected chi connectivity index (χ3v) is 3.49. The third kappa shape index (κ3) is 4.18. The fourth-order valence-electron chi connectivity index (χ4n) is 1.82. The average Bonchev–Trinajstić information content (AvgIpc) is 2.34. The van der Waals surface area contributed by atoms with E-state index in [-0.39, 0.29) is 0 Å². The molecule has 1 rings (SSSR count). The average molecular weight is 316 g/mol. The number of ether oxygens (including phenoxy) is 2. The largest absolute Gasteiger partial charge is 0.495 e. The molecule has 102 valence electrons. The highest BCUT2D eigenvalue weighted by Crippen LogP contribution is 2.37. The zero-order chi connectivity index (χ0) is 13.5. The van der Waals surface area contributed by atoms with Crippen molar-refractivity contribution >= 4 is 15.9 Å². The molecule has 0 atom stereocenters. The molecule has 0 aliphatic rings. The molecule has 0 spiro atoms. The minimum atomic E-state index is 0.537. The van der Waals surface area contributed by atoms with Crippen molar-refractivity contribution in [3.63, 3.8) is 0 Å². The van der Waals surface area contributed by atoms with Gasteiger partial charge in [-0.25, -0.2) is 0 Å². The summed E-state index contributed by atoms with van der Waals surface area (Å²) >= 11 is 3.52. The molecule has 0 amide bonds. The molecule has 0 aromatic heterocycles. The van der Waals surface area contributed by atoms with Gasteiger partial charge in [-0.3, -0.25) is 0 Å². The Morgan fingerprint density at radius 3 is 2.50 bits per heavy atom. The van der Waals surface area contributed by atoms with E-state index >= 15 is 0 Å². The van der Waals surface area contributed by atoms with Gasteiger partial charge in [0.15, 0.2) is 0 Å². The number of rotatable bonds is 7. The van der Waals surface area contributed by atoms with E-state index < -0.39 is 0 Å². The van der Waals surface area contributed by atoms with Crippen LogP contribution in [0.15, 0.2) is 16.6 Å². The molecule has 0 radical (unpaired) electrons. The maximum Gasteiger partial charge on any atom is 0.139 e. The molecule has 3 nitrogen and oxygen atoms in total. The standard InChI is InChI=1S/C14H22BrNO2/c1-10(2)16-9-5-6-11-7-8-12(17-3)13(15)14(11)18-4/h7-8,10,16H,5-6,9H2,1-4H3. The quantitative estimate of drug-likeness (QED) is 0.782. The van der Waals surface area contributed by atoms with Gasteiger partial charge < -0.3 is 14.8 Å². The van der Waals surface area contributed by atoms with Crippen molar-refractivity contribution in [2.45, 2.75) is 32.7 Å². The van der Waals surface area contributed by atoms with Gasteiger partial charge in [0.25, 0.3) is 0 Å². The van der Waals surface area contributed by atoms with Crippen LogP contribution < -0.4 is 14.8 Å². The Balaban J connectivity index is 2.68. The van der Waals surface area contributed by atoms with Crippen molar-refractivity contribution in [3.8, 4) is 11.5 Å². The molecule has 1 N–H and O–H groups in total. The van der Waals surface area contributed by atoms with Crippen LogP contribution >= 0.6 is 15.9 Å². The summed E-state index contributed by atoms with van der Waals surface area (Å²) in [5.41, 5.74) is 1.20. The monoisotopic (exact) mass is 315 g/mol. The summed E-state index contributed by atoms with van der Waals surface area (Å²) in [5.74, 6) is 1.68. The van der Waals surface area contributed by atoms with Gasteiger partial charge in [0.05, 0.1) is 14.2 Å². The number of nitrogens with one attached hydrogen (secondary N) is 1. The second-order valence-electron chi connectivity index (χ2n) is 4.49. The van der Waals surface area contributed by atoms with Crippen LogP contribution in [0.1, 0.15) is 25.8 Å². The van der Waals surface area contributed by atoms with E-state index in [9.17, 15) is 0 Å². The summed E-state index contributed by atoms with van der Waals surface area (Å²) in [6.07, 6.45) is 2.08. The Hall–Kier alpha value is -0.740. The van der Waals surface area contributed by atoms with E-state index in [4.69, 9.17) is 9.47 Å². The molecule has 4 heteroatoms. The van der Waals surface area contributed by atoms with Gasteiger partial charge in [-0.1, -0.05) is 19.9 Å². The summed E-state index contributed by atoms with van der Waals surface area (Å²) in [7, 11) is 3.35. The first-order chi connectivity index (χ1) is 8.60. The maximum atomic E-state index is 5.45. The molecule has 0 saturated carbocycles. The SMILES string of the molecule is COc1ccc(CCCNC(C)C)c(OC)c1Br. The highest BCUT2D eigenvalue weighted by atomic mass is 79.9. The molecule has 0 fully saturated rings. The van der Waals surface area contributed by atoms with Crippen LogP contribution in [0.5, 0.6) is 11.5 Å². The van der Waals surface area contributed by atoms with Gasteiger partial charge in [0.1, 0.15) is 16.0 Å². The number of hydrogen-bond acceptors (Lipinski definition) is 3. The lowest BCUT2D eigenvalue weighted by molar-refractivity contribution is 0.385. The van der Waals surface area contributed by atoms with E-state index in [1.165, 1.54) is 5.56 Å². The highest BCUT2D eigenvalue weighted by Gasteiger charge is 2.12. The van der Waals surface area contributed by atoms with Crippen LogP contribution in [0.25, 0.3) is 0 Å². The lowest BCUT2D eigenvalue weighted by Crippen LogP contribution is -2.23. The third-order valence-electron chi connectivity index (χ3n) is 2.74. The topological polar surface area (TPSA) is 30.5 Å². The van der Waals surface area contributed by atoms with E-state index in [0.29, 0.717) is 6.04 Å². The van der Waals surface area contributed by atoms with Crippen LogP contribution in [0, 0.1) is 0 Å². The summed E-state index contributed by atoms with van der Waals surface area (Å²) < 4.78 is 11.6. The van der Waals surface area contributed by atoms with Crippen LogP contribution in [0.4, 0.5) is 0 Å². The molecular weight excluding hydrogens is 294 g/mol. The Kier molecular flexibility index (Phi) is 6.50. The van der Waals surface area contributed by atoms with Crippen LogP contribution in [-0.2, 0) is 6.42 Å². The first-order valence-corrected chi connectivity index (χ1v) is 7.02. The predicted octanol–water partition coefficient (Wildman–Crippen LogP) is 3.40.